The second-order valence-corrected chi connectivity index (χ2v) is 3.61. The Bertz CT molecular complexity index is 474. The van der Waals surface area contributed by atoms with Crippen LogP contribution in [0.15, 0.2) is 11.4 Å². The first-order valence-corrected chi connectivity index (χ1v) is 5.03. The van der Waals surface area contributed by atoms with Gasteiger partial charge in [-0.3, -0.25) is 0 Å². The number of nitrogens with one attached hydrogen (secondary N) is 1. The van der Waals surface area contributed by atoms with Crippen LogP contribution in [0.3, 0.4) is 0 Å². The molecule has 14 heavy (non-hydrogen) atoms. The van der Waals surface area contributed by atoms with Crippen molar-refractivity contribution >= 4 is 27.5 Å². The molecule has 0 aromatic carbocycles. The summed E-state index contributed by atoms with van der Waals surface area (Å²) in [4.78, 5) is 14.7. The zero-order valence-electron chi connectivity index (χ0n) is 7.46. The summed E-state index contributed by atoms with van der Waals surface area (Å²) in [5.74, 6) is -0.757. The molecule has 0 aliphatic rings. The number of thiophene rings is 1. The van der Waals surface area contributed by atoms with Gasteiger partial charge in [-0.1, -0.05) is 0 Å². The minimum atomic E-state index is -0.449. The molecule has 0 fully saturated rings. The van der Waals surface area contributed by atoms with Crippen molar-refractivity contribution in [1.29, 1.82) is 0 Å². The number of ether oxygens (including phenoxy) is 1. The lowest BCUT2D eigenvalue weighted by Crippen LogP contribution is -2.04. The van der Waals surface area contributed by atoms with Gasteiger partial charge < -0.3 is 9.72 Å². The number of aromatic nitrogens is 1. The van der Waals surface area contributed by atoms with Crippen molar-refractivity contribution in [3.63, 3.8) is 0 Å². The number of aromatic amines is 1. The summed E-state index contributed by atoms with van der Waals surface area (Å²) in [6.07, 6.45) is 0. The molecule has 0 spiro atoms. The molecule has 2 heterocycles. The van der Waals surface area contributed by atoms with Crippen molar-refractivity contribution in [2.75, 3.05) is 6.61 Å². The molecular formula is C9H8FNO2S. The minimum Gasteiger partial charge on any atom is -0.461 e. The van der Waals surface area contributed by atoms with Gasteiger partial charge in [0.05, 0.1) is 6.61 Å². The summed E-state index contributed by atoms with van der Waals surface area (Å²) in [6.45, 7) is 2.04. The monoisotopic (exact) mass is 213 g/mol. The van der Waals surface area contributed by atoms with Crippen LogP contribution in [0.5, 0.6) is 0 Å². The van der Waals surface area contributed by atoms with E-state index in [1.54, 1.807) is 6.92 Å². The fourth-order valence-corrected chi connectivity index (χ4v) is 2.00. The van der Waals surface area contributed by atoms with E-state index in [2.05, 4.69) is 4.98 Å². The fourth-order valence-electron chi connectivity index (χ4n) is 1.20. The number of halogens is 1. The average Bonchev–Trinajstić information content (AvgIpc) is 2.69. The number of fused-ring (bicyclic) bond motifs is 1. The van der Waals surface area contributed by atoms with E-state index in [1.807, 2.05) is 0 Å². The minimum absolute atomic E-state index is 0.299. The van der Waals surface area contributed by atoms with Crippen molar-refractivity contribution in [3.8, 4) is 0 Å². The molecule has 2 aromatic heterocycles. The van der Waals surface area contributed by atoms with Gasteiger partial charge >= 0.3 is 5.97 Å². The standard InChI is InChI=1S/C9H8FNO2S/c1-2-13-9(12)7-3-5-6(10)4-14-8(5)11-7/h3-4,11H,2H2,1H3. The maximum Gasteiger partial charge on any atom is 0.354 e. The lowest BCUT2D eigenvalue weighted by atomic mass is 10.3. The Morgan fingerprint density at radius 2 is 2.50 bits per heavy atom. The van der Waals surface area contributed by atoms with Gasteiger partial charge in [-0.25, -0.2) is 9.18 Å². The summed E-state index contributed by atoms with van der Waals surface area (Å²) >= 11 is 1.23. The van der Waals surface area contributed by atoms with Crippen molar-refractivity contribution in [1.82, 2.24) is 4.98 Å². The number of H-pyrrole nitrogens is 1. The Morgan fingerprint density at radius 3 is 3.14 bits per heavy atom. The zero-order valence-corrected chi connectivity index (χ0v) is 8.28. The van der Waals surface area contributed by atoms with E-state index < -0.39 is 5.97 Å². The number of carbonyl (C=O) groups is 1. The molecule has 0 saturated heterocycles. The maximum absolute atomic E-state index is 13.0. The molecular weight excluding hydrogens is 205 g/mol. The van der Waals surface area contributed by atoms with E-state index in [4.69, 9.17) is 4.74 Å². The fraction of sp³-hybridized carbons (Fsp3) is 0.222. The maximum atomic E-state index is 13.0. The van der Waals surface area contributed by atoms with Crippen LogP contribution in [0, 0.1) is 5.82 Å². The highest BCUT2D eigenvalue weighted by atomic mass is 32.1. The first kappa shape index (κ1) is 9.21. The lowest BCUT2D eigenvalue weighted by Gasteiger charge is -1.96. The number of hydrogen-bond donors (Lipinski definition) is 1. The van der Waals surface area contributed by atoms with Gasteiger partial charge in [-0.2, -0.15) is 0 Å². The molecule has 1 N–H and O–H groups in total. The number of esters is 1. The van der Waals surface area contributed by atoms with Gasteiger partial charge in [0.15, 0.2) is 0 Å². The highest BCUT2D eigenvalue weighted by Gasteiger charge is 2.13. The molecule has 0 aliphatic heterocycles. The van der Waals surface area contributed by atoms with Crippen LogP contribution in [-0.4, -0.2) is 17.6 Å². The van der Waals surface area contributed by atoms with Crippen LogP contribution >= 0.6 is 11.3 Å². The SMILES string of the molecule is CCOC(=O)c1cc2c(F)csc2[nH]1. The largest absolute Gasteiger partial charge is 0.461 e. The van der Waals surface area contributed by atoms with Crippen LogP contribution in [0.2, 0.25) is 0 Å². The lowest BCUT2D eigenvalue weighted by molar-refractivity contribution is 0.0520. The molecule has 0 bridgehead atoms. The predicted octanol–water partition coefficient (Wildman–Crippen LogP) is 2.55. The van der Waals surface area contributed by atoms with Gasteiger partial charge in [0.2, 0.25) is 0 Å². The van der Waals surface area contributed by atoms with E-state index in [1.165, 1.54) is 22.8 Å². The molecule has 0 saturated carbocycles. The van der Waals surface area contributed by atoms with Gasteiger partial charge in [-0.15, -0.1) is 11.3 Å². The van der Waals surface area contributed by atoms with Crippen molar-refractivity contribution in [2.24, 2.45) is 0 Å². The highest BCUT2D eigenvalue weighted by molar-refractivity contribution is 7.16. The third-order valence-electron chi connectivity index (χ3n) is 1.81. The predicted molar refractivity (Wildman–Crippen MR) is 52.1 cm³/mol. The molecule has 74 valence electrons. The molecule has 0 radical (unpaired) electrons. The molecule has 2 aromatic rings. The van der Waals surface area contributed by atoms with Crippen molar-refractivity contribution in [3.05, 3.63) is 23.0 Å². The Morgan fingerprint density at radius 1 is 1.71 bits per heavy atom. The Labute approximate surface area is 83.5 Å². The van der Waals surface area contributed by atoms with E-state index in [0.717, 1.165) is 0 Å². The van der Waals surface area contributed by atoms with Crippen molar-refractivity contribution < 1.29 is 13.9 Å². The smallest absolute Gasteiger partial charge is 0.354 e. The van der Waals surface area contributed by atoms with Crippen LogP contribution in [0.1, 0.15) is 17.4 Å². The first-order valence-electron chi connectivity index (χ1n) is 4.15. The Hall–Kier alpha value is -1.36. The first-order chi connectivity index (χ1) is 6.72. The molecule has 0 unspecified atom stereocenters. The normalized spacial score (nSPS) is 10.7. The van der Waals surface area contributed by atoms with Crippen LogP contribution in [0.4, 0.5) is 4.39 Å². The average molecular weight is 213 g/mol. The topological polar surface area (TPSA) is 42.1 Å². The van der Waals surface area contributed by atoms with E-state index >= 15 is 0 Å². The summed E-state index contributed by atoms with van der Waals surface area (Å²) in [5, 5.41) is 1.84. The second kappa shape index (κ2) is 3.42. The van der Waals surface area contributed by atoms with Crippen LogP contribution in [0.25, 0.3) is 10.2 Å². The summed E-state index contributed by atoms with van der Waals surface area (Å²) < 4.78 is 17.8. The quantitative estimate of drug-likeness (QED) is 0.779. The third-order valence-corrected chi connectivity index (χ3v) is 2.70. The molecule has 0 amide bonds. The summed E-state index contributed by atoms with van der Waals surface area (Å²) in [7, 11) is 0. The van der Waals surface area contributed by atoms with Crippen molar-refractivity contribution in [2.45, 2.75) is 6.92 Å². The van der Waals surface area contributed by atoms with Gasteiger partial charge in [0.25, 0.3) is 0 Å². The van der Waals surface area contributed by atoms with Gasteiger partial charge in [-0.05, 0) is 13.0 Å². The third kappa shape index (κ3) is 1.39. The van der Waals surface area contributed by atoms with E-state index in [0.29, 0.717) is 22.5 Å². The zero-order chi connectivity index (χ0) is 10.1. The Balaban J connectivity index is 2.40. The number of carbonyl (C=O) groups excluding carboxylic acids is 1. The van der Waals surface area contributed by atoms with E-state index in [9.17, 15) is 9.18 Å². The molecule has 0 atom stereocenters. The van der Waals surface area contributed by atoms with Gasteiger partial charge in [0, 0.05) is 10.8 Å². The molecule has 3 nitrogen and oxygen atoms in total. The van der Waals surface area contributed by atoms with Crippen LogP contribution in [-0.2, 0) is 4.74 Å². The Kier molecular flexibility index (Phi) is 2.25. The second-order valence-electron chi connectivity index (χ2n) is 2.73. The number of hydrogen-bond acceptors (Lipinski definition) is 3. The summed E-state index contributed by atoms with van der Waals surface area (Å²) in [6, 6.07) is 1.47. The highest BCUT2D eigenvalue weighted by Crippen LogP contribution is 2.25. The summed E-state index contributed by atoms with van der Waals surface area (Å²) in [5.41, 5.74) is 0.299. The number of rotatable bonds is 2. The molecule has 5 heteroatoms. The molecule has 0 aliphatic carbocycles. The van der Waals surface area contributed by atoms with Gasteiger partial charge in [0.1, 0.15) is 16.3 Å². The van der Waals surface area contributed by atoms with Crippen LogP contribution < -0.4 is 0 Å². The molecule has 2 rings (SSSR count). The van der Waals surface area contributed by atoms with E-state index in [-0.39, 0.29) is 5.82 Å².